The van der Waals surface area contributed by atoms with Gasteiger partial charge in [-0.3, -0.25) is 4.99 Å². The van der Waals surface area contributed by atoms with E-state index in [1.165, 1.54) is 7.11 Å². The molecule has 0 aliphatic carbocycles. The second-order valence-corrected chi connectivity index (χ2v) is 4.97. The first-order valence-electron chi connectivity index (χ1n) is 6.64. The van der Waals surface area contributed by atoms with Crippen molar-refractivity contribution < 1.29 is 14.3 Å². The van der Waals surface area contributed by atoms with Crippen molar-refractivity contribution in [3.8, 4) is 5.75 Å². The van der Waals surface area contributed by atoms with Gasteiger partial charge in [-0.25, -0.2) is 4.79 Å². The van der Waals surface area contributed by atoms with E-state index in [1.54, 1.807) is 49.7 Å². The lowest BCUT2D eigenvalue weighted by Gasteiger charge is -2.11. The Kier molecular flexibility index (Phi) is 5.55. The van der Waals surface area contributed by atoms with Crippen LogP contribution in [-0.2, 0) is 9.53 Å². The topological polar surface area (TPSA) is 47.9 Å². The van der Waals surface area contributed by atoms with E-state index in [4.69, 9.17) is 21.1 Å². The molecule has 1 atom stereocenters. The Hall–Kier alpha value is -2.33. The second kappa shape index (κ2) is 7.61. The van der Waals surface area contributed by atoms with Gasteiger partial charge >= 0.3 is 5.97 Å². The summed E-state index contributed by atoms with van der Waals surface area (Å²) < 4.78 is 9.93. The van der Waals surface area contributed by atoms with Crippen LogP contribution in [0.4, 0.5) is 0 Å². The van der Waals surface area contributed by atoms with Crippen LogP contribution in [0.1, 0.15) is 17.2 Å². The summed E-state index contributed by atoms with van der Waals surface area (Å²) in [5, 5.41) is 0.650. The average molecular weight is 318 g/mol. The molecule has 0 aliphatic rings. The molecular formula is C17H16ClNO3. The number of hydrogen-bond acceptors (Lipinski definition) is 4. The van der Waals surface area contributed by atoms with Gasteiger partial charge in [-0.15, -0.1) is 0 Å². The lowest BCUT2D eigenvalue weighted by atomic mass is 10.1. The number of hydrogen-bond donors (Lipinski definition) is 0. The summed E-state index contributed by atoms with van der Waals surface area (Å²) in [5.74, 6) is 0.296. The fraction of sp³-hybridized carbons (Fsp3) is 0.176. The number of aliphatic imine (C=N–C) groups is 1. The average Bonchev–Trinajstić information content (AvgIpc) is 2.57. The van der Waals surface area contributed by atoms with Gasteiger partial charge in [-0.2, -0.15) is 0 Å². The van der Waals surface area contributed by atoms with Crippen molar-refractivity contribution in [1.29, 1.82) is 0 Å². The number of nitrogens with zero attached hydrogens (tertiary/aromatic N) is 1. The van der Waals surface area contributed by atoms with Gasteiger partial charge in [0, 0.05) is 11.2 Å². The normalized spacial score (nSPS) is 12.1. The molecule has 0 radical (unpaired) electrons. The zero-order chi connectivity index (χ0) is 15.9. The molecule has 0 N–H and O–H groups in total. The van der Waals surface area contributed by atoms with E-state index in [2.05, 4.69) is 4.99 Å². The Balaban J connectivity index is 2.25. The minimum Gasteiger partial charge on any atom is -0.497 e. The van der Waals surface area contributed by atoms with Gasteiger partial charge in [0.05, 0.1) is 14.2 Å². The third-order valence-corrected chi connectivity index (χ3v) is 3.35. The molecule has 22 heavy (non-hydrogen) atoms. The molecule has 0 saturated carbocycles. The van der Waals surface area contributed by atoms with Crippen LogP contribution < -0.4 is 4.74 Å². The molecule has 0 heterocycles. The Bertz CT molecular complexity index is 651. The summed E-state index contributed by atoms with van der Waals surface area (Å²) in [4.78, 5) is 16.3. The first-order valence-corrected chi connectivity index (χ1v) is 7.02. The van der Waals surface area contributed by atoms with Gasteiger partial charge in [0.2, 0.25) is 0 Å². The Labute approximate surface area is 134 Å². The summed E-state index contributed by atoms with van der Waals surface area (Å²) in [6.07, 6.45) is 1.63. The summed E-state index contributed by atoms with van der Waals surface area (Å²) >= 11 is 5.84. The number of ether oxygens (including phenoxy) is 2. The van der Waals surface area contributed by atoms with Gasteiger partial charge in [0.15, 0.2) is 6.04 Å². The number of benzene rings is 2. The predicted molar refractivity (Wildman–Crippen MR) is 86.8 cm³/mol. The van der Waals surface area contributed by atoms with Crippen LogP contribution in [0.5, 0.6) is 5.75 Å². The van der Waals surface area contributed by atoms with Crippen LogP contribution in [0.25, 0.3) is 0 Å². The van der Waals surface area contributed by atoms with E-state index in [0.29, 0.717) is 10.8 Å². The highest BCUT2D eigenvalue weighted by molar-refractivity contribution is 6.30. The van der Waals surface area contributed by atoms with Crippen molar-refractivity contribution >= 4 is 23.8 Å². The van der Waals surface area contributed by atoms with E-state index in [9.17, 15) is 4.79 Å². The molecule has 0 bridgehead atoms. The monoisotopic (exact) mass is 317 g/mol. The van der Waals surface area contributed by atoms with Gasteiger partial charge in [-0.1, -0.05) is 35.9 Å². The second-order valence-electron chi connectivity index (χ2n) is 4.53. The highest BCUT2D eigenvalue weighted by Crippen LogP contribution is 2.22. The fourth-order valence-electron chi connectivity index (χ4n) is 1.89. The highest BCUT2D eigenvalue weighted by atomic mass is 35.5. The van der Waals surface area contributed by atoms with Gasteiger partial charge in [-0.05, 0) is 35.4 Å². The van der Waals surface area contributed by atoms with Crippen LogP contribution in [0, 0.1) is 0 Å². The van der Waals surface area contributed by atoms with Gasteiger partial charge in [0.1, 0.15) is 5.75 Å². The zero-order valence-electron chi connectivity index (χ0n) is 12.3. The molecule has 2 aromatic rings. The van der Waals surface area contributed by atoms with Crippen LogP contribution in [0.15, 0.2) is 53.5 Å². The first kappa shape index (κ1) is 16.0. The molecule has 2 aromatic carbocycles. The summed E-state index contributed by atoms with van der Waals surface area (Å²) in [6, 6.07) is 13.6. The minimum atomic E-state index is -0.716. The number of carbonyl (C=O) groups is 1. The molecule has 0 saturated heterocycles. The van der Waals surface area contributed by atoms with Crippen molar-refractivity contribution in [3.63, 3.8) is 0 Å². The van der Waals surface area contributed by atoms with Crippen LogP contribution in [0.2, 0.25) is 5.02 Å². The van der Waals surface area contributed by atoms with E-state index in [1.807, 2.05) is 12.1 Å². The molecule has 0 aliphatic heterocycles. The molecule has 0 amide bonds. The van der Waals surface area contributed by atoms with Crippen molar-refractivity contribution in [1.82, 2.24) is 0 Å². The van der Waals surface area contributed by atoms with Gasteiger partial charge in [0.25, 0.3) is 0 Å². The van der Waals surface area contributed by atoms with E-state index in [0.717, 1.165) is 11.1 Å². The van der Waals surface area contributed by atoms with Crippen molar-refractivity contribution in [2.24, 2.45) is 4.99 Å². The molecule has 2 rings (SSSR count). The molecule has 4 nitrogen and oxygen atoms in total. The Morgan fingerprint density at radius 3 is 2.27 bits per heavy atom. The molecule has 5 heteroatoms. The van der Waals surface area contributed by atoms with Gasteiger partial charge < -0.3 is 9.47 Å². The molecule has 0 aromatic heterocycles. The van der Waals surface area contributed by atoms with Crippen LogP contribution in [0.3, 0.4) is 0 Å². The number of rotatable bonds is 5. The number of esters is 1. The molecule has 0 fully saturated rings. The molecule has 0 spiro atoms. The zero-order valence-corrected chi connectivity index (χ0v) is 13.1. The smallest absolute Gasteiger partial charge is 0.335 e. The molecule has 114 valence electrons. The lowest BCUT2D eigenvalue weighted by Crippen LogP contribution is -2.12. The van der Waals surface area contributed by atoms with Crippen molar-refractivity contribution in [2.45, 2.75) is 6.04 Å². The lowest BCUT2D eigenvalue weighted by molar-refractivity contribution is -0.142. The highest BCUT2D eigenvalue weighted by Gasteiger charge is 2.19. The SMILES string of the molecule is COC(=O)C(N=Cc1ccc(Cl)cc1)c1ccc(OC)cc1. The number of methoxy groups -OCH3 is 2. The number of halogens is 1. The van der Waals surface area contributed by atoms with Crippen molar-refractivity contribution in [2.75, 3.05) is 14.2 Å². The Morgan fingerprint density at radius 2 is 1.73 bits per heavy atom. The quantitative estimate of drug-likeness (QED) is 0.624. The summed E-state index contributed by atoms with van der Waals surface area (Å²) in [6.45, 7) is 0. The van der Waals surface area contributed by atoms with E-state index in [-0.39, 0.29) is 0 Å². The van der Waals surface area contributed by atoms with Crippen molar-refractivity contribution in [3.05, 3.63) is 64.7 Å². The molecule has 1 unspecified atom stereocenters. The third-order valence-electron chi connectivity index (χ3n) is 3.10. The minimum absolute atomic E-state index is 0.421. The maximum absolute atomic E-state index is 12.0. The first-order chi connectivity index (χ1) is 10.6. The Morgan fingerprint density at radius 1 is 1.09 bits per heavy atom. The van der Waals surface area contributed by atoms with E-state index >= 15 is 0 Å². The maximum atomic E-state index is 12.0. The predicted octanol–water partition coefficient (Wildman–Crippen LogP) is 3.68. The standard InChI is InChI=1S/C17H16ClNO3/c1-21-15-9-5-13(6-10-15)16(17(20)22-2)19-11-12-3-7-14(18)8-4-12/h3-11,16H,1-2H3. The summed E-state index contributed by atoms with van der Waals surface area (Å²) in [5.41, 5.74) is 1.59. The largest absolute Gasteiger partial charge is 0.497 e. The summed E-state index contributed by atoms with van der Waals surface area (Å²) in [7, 11) is 2.93. The number of carbonyl (C=O) groups excluding carboxylic acids is 1. The molecular weight excluding hydrogens is 302 g/mol. The van der Waals surface area contributed by atoms with Crippen LogP contribution >= 0.6 is 11.6 Å². The van der Waals surface area contributed by atoms with E-state index < -0.39 is 12.0 Å². The third kappa shape index (κ3) is 4.09. The fourth-order valence-corrected chi connectivity index (χ4v) is 2.02. The maximum Gasteiger partial charge on any atom is 0.335 e. The van der Waals surface area contributed by atoms with Crippen LogP contribution in [-0.4, -0.2) is 26.4 Å².